The normalized spacial score (nSPS) is 12.5. The minimum atomic E-state index is -1.08. The predicted molar refractivity (Wildman–Crippen MR) is 114 cm³/mol. The van der Waals surface area contributed by atoms with Crippen LogP contribution in [0.4, 0.5) is 5.69 Å². The van der Waals surface area contributed by atoms with E-state index in [-0.39, 0.29) is 0 Å². The Morgan fingerprint density at radius 3 is 1.73 bits per heavy atom. The number of carbonyl (C=O) groups excluding carboxylic acids is 1. The van der Waals surface area contributed by atoms with Gasteiger partial charge in [0.05, 0.1) is 26.1 Å². The minimum absolute atomic E-state index is 0.408. The molecule has 0 fully saturated rings. The van der Waals surface area contributed by atoms with Crippen molar-refractivity contribution in [2.24, 2.45) is 0 Å². The molecular formula is C24H23NO5. The number of methoxy groups -OCH3 is 2. The van der Waals surface area contributed by atoms with Crippen molar-refractivity contribution in [3.63, 3.8) is 0 Å². The number of carbonyl (C=O) groups is 2. The van der Waals surface area contributed by atoms with Crippen molar-refractivity contribution in [2.45, 2.75) is 11.8 Å². The van der Waals surface area contributed by atoms with Gasteiger partial charge in [0.1, 0.15) is 11.5 Å². The third kappa shape index (κ3) is 4.78. The van der Waals surface area contributed by atoms with Crippen LogP contribution in [0.15, 0.2) is 78.9 Å². The molecule has 3 aromatic carbocycles. The Labute approximate surface area is 175 Å². The zero-order valence-corrected chi connectivity index (χ0v) is 16.7. The van der Waals surface area contributed by atoms with Crippen LogP contribution in [-0.2, 0) is 9.59 Å². The molecule has 3 aromatic rings. The predicted octanol–water partition coefficient (Wildman–Crippen LogP) is 4.29. The van der Waals surface area contributed by atoms with Crippen molar-refractivity contribution in [3.8, 4) is 11.5 Å². The Morgan fingerprint density at radius 2 is 1.23 bits per heavy atom. The maximum Gasteiger partial charge on any atom is 0.312 e. The van der Waals surface area contributed by atoms with Crippen LogP contribution in [0.25, 0.3) is 0 Å². The number of benzene rings is 3. The molecule has 0 spiro atoms. The Balaban J connectivity index is 1.99. The highest BCUT2D eigenvalue weighted by molar-refractivity contribution is 6.00. The van der Waals surface area contributed by atoms with E-state index >= 15 is 0 Å². The molecule has 0 bridgehead atoms. The molecule has 2 N–H and O–H groups in total. The third-order valence-electron chi connectivity index (χ3n) is 4.87. The van der Waals surface area contributed by atoms with Gasteiger partial charge in [-0.1, -0.05) is 42.5 Å². The zero-order valence-electron chi connectivity index (χ0n) is 16.7. The van der Waals surface area contributed by atoms with E-state index in [1.165, 1.54) is 0 Å². The summed E-state index contributed by atoms with van der Waals surface area (Å²) in [5, 5.41) is 12.9. The first-order chi connectivity index (χ1) is 14.5. The van der Waals surface area contributed by atoms with Gasteiger partial charge in [0.2, 0.25) is 5.91 Å². The summed E-state index contributed by atoms with van der Waals surface area (Å²) in [5.74, 6) is -2.22. The zero-order chi connectivity index (χ0) is 21.5. The van der Waals surface area contributed by atoms with E-state index < -0.39 is 23.7 Å². The minimum Gasteiger partial charge on any atom is -0.497 e. The van der Waals surface area contributed by atoms with E-state index in [0.717, 1.165) is 0 Å². The smallest absolute Gasteiger partial charge is 0.312 e. The van der Waals surface area contributed by atoms with Crippen molar-refractivity contribution in [1.29, 1.82) is 0 Å². The van der Waals surface area contributed by atoms with Crippen LogP contribution in [-0.4, -0.2) is 31.2 Å². The topological polar surface area (TPSA) is 84.9 Å². The number of ether oxygens (including phenoxy) is 2. The molecule has 6 nitrogen and oxygen atoms in total. The Bertz CT molecular complexity index is 984. The van der Waals surface area contributed by atoms with Gasteiger partial charge in [0.25, 0.3) is 0 Å². The van der Waals surface area contributed by atoms with Gasteiger partial charge in [0.15, 0.2) is 0 Å². The van der Waals surface area contributed by atoms with E-state index in [1.54, 1.807) is 87.0 Å². The van der Waals surface area contributed by atoms with Gasteiger partial charge in [-0.15, -0.1) is 0 Å². The average Bonchev–Trinajstić information content (AvgIpc) is 2.78. The lowest BCUT2D eigenvalue weighted by Crippen LogP contribution is -2.30. The number of aliphatic carboxylic acids is 1. The van der Waals surface area contributed by atoms with Gasteiger partial charge in [0, 0.05) is 5.69 Å². The number of nitrogens with one attached hydrogen (secondary N) is 1. The van der Waals surface area contributed by atoms with Crippen molar-refractivity contribution in [1.82, 2.24) is 0 Å². The molecule has 2 atom stereocenters. The lowest BCUT2D eigenvalue weighted by atomic mass is 9.80. The number of amides is 1. The summed E-state index contributed by atoms with van der Waals surface area (Å²) in [5.41, 5.74) is 1.69. The van der Waals surface area contributed by atoms with Crippen LogP contribution in [0.2, 0.25) is 0 Å². The standard InChI is InChI=1S/C24H23NO5/c1-29-19-12-8-17(9-13-19)22(24(27)28)21(16-6-4-3-5-7-16)23(26)25-18-10-14-20(30-2)15-11-18/h3-15,21-22H,1-2H3,(H,25,26)(H,27,28). The number of carboxylic acids is 1. The SMILES string of the molecule is COc1ccc(NC(=O)C(c2ccccc2)C(C(=O)O)c2ccc(OC)cc2)cc1. The Hall–Kier alpha value is -3.80. The first-order valence-electron chi connectivity index (χ1n) is 9.40. The monoisotopic (exact) mass is 405 g/mol. The maximum atomic E-state index is 13.3. The van der Waals surface area contributed by atoms with Gasteiger partial charge < -0.3 is 19.9 Å². The maximum absolute atomic E-state index is 13.3. The van der Waals surface area contributed by atoms with E-state index in [4.69, 9.17) is 9.47 Å². The summed E-state index contributed by atoms with van der Waals surface area (Å²) in [4.78, 5) is 25.6. The highest BCUT2D eigenvalue weighted by Gasteiger charge is 2.36. The van der Waals surface area contributed by atoms with E-state index in [1.807, 2.05) is 6.07 Å². The van der Waals surface area contributed by atoms with Gasteiger partial charge >= 0.3 is 5.97 Å². The number of hydrogen-bond donors (Lipinski definition) is 2. The molecule has 0 aliphatic rings. The summed E-state index contributed by atoms with van der Waals surface area (Å²) >= 11 is 0. The second-order valence-corrected chi connectivity index (χ2v) is 6.70. The van der Waals surface area contributed by atoms with Crippen LogP contribution in [0.3, 0.4) is 0 Å². The molecule has 30 heavy (non-hydrogen) atoms. The number of rotatable bonds is 8. The molecule has 3 rings (SSSR count). The largest absolute Gasteiger partial charge is 0.497 e. The van der Waals surface area contributed by atoms with Crippen molar-refractivity contribution in [2.75, 3.05) is 19.5 Å². The molecule has 0 radical (unpaired) electrons. The van der Waals surface area contributed by atoms with E-state index in [0.29, 0.717) is 28.3 Å². The molecule has 6 heteroatoms. The molecule has 0 saturated heterocycles. The van der Waals surface area contributed by atoms with E-state index in [2.05, 4.69) is 5.32 Å². The Morgan fingerprint density at radius 1 is 0.733 bits per heavy atom. The fourth-order valence-electron chi connectivity index (χ4n) is 3.34. The highest BCUT2D eigenvalue weighted by atomic mass is 16.5. The molecule has 0 aliphatic carbocycles. The highest BCUT2D eigenvalue weighted by Crippen LogP contribution is 2.35. The third-order valence-corrected chi connectivity index (χ3v) is 4.87. The second kappa shape index (κ2) is 9.60. The molecule has 0 aliphatic heterocycles. The van der Waals surface area contributed by atoms with Gasteiger partial charge in [-0.25, -0.2) is 0 Å². The number of carboxylic acid groups (broad SMARTS) is 1. The fourth-order valence-corrected chi connectivity index (χ4v) is 3.34. The number of hydrogen-bond acceptors (Lipinski definition) is 4. The second-order valence-electron chi connectivity index (χ2n) is 6.70. The van der Waals surface area contributed by atoms with Crippen molar-refractivity contribution in [3.05, 3.63) is 90.0 Å². The average molecular weight is 405 g/mol. The quantitative estimate of drug-likeness (QED) is 0.584. The fraction of sp³-hybridized carbons (Fsp3) is 0.167. The van der Waals surface area contributed by atoms with Gasteiger partial charge in [-0.3, -0.25) is 9.59 Å². The summed E-state index contributed by atoms with van der Waals surface area (Å²) in [6.45, 7) is 0. The molecular weight excluding hydrogens is 382 g/mol. The molecule has 0 saturated carbocycles. The molecule has 0 heterocycles. The van der Waals surface area contributed by atoms with Crippen LogP contribution in [0, 0.1) is 0 Å². The molecule has 2 unspecified atom stereocenters. The summed E-state index contributed by atoms with van der Waals surface area (Å²) in [7, 11) is 3.10. The lowest BCUT2D eigenvalue weighted by molar-refractivity contribution is -0.141. The van der Waals surface area contributed by atoms with Gasteiger partial charge in [-0.2, -0.15) is 0 Å². The first-order valence-corrected chi connectivity index (χ1v) is 9.40. The summed E-state index contributed by atoms with van der Waals surface area (Å²) in [6, 6.07) is 22.5. The van der Waals surface area contributed by atoms with Crippen molar-refractivity contribution >= 4 is 17.6 Å². The van der Waals surface area contributed by atoms with Gasteiger partial charge in [-0.05, 0) is 47.5 Å². The van der Waals surface area contributed by atoms with Crippen LogP contribution in [0.1, 0.15) is 23.0 Å². The molecule has 1 amide bonds. The van der Waals surface area contributed by atoms with Crippen LogP contribution in [0.5, 0.6) is 11.5 Å². The van der Waals surface area contributed by atoms with Crippen molar-refractivity contribution < 1.29 is 24.2 Å². The summed E-state index contributed by atoms with van der Waals surface area (Å²) < 4.78 is 10.3. The van der Waals surface area contributed by atoms with E-state index in [9.17, 15) is 14.7 Å². The van der Waals surface area contributed by atoms with Crippen LogP contribution >= 0.6 is 0 Å². The van der Waals surface area contributed by atoms with Crippen LogP contribution < -0.4 is 14.8 Å². The molecule has 154 valence electrons. The number of anilines is 1. The lowest BCUT2D eigenvalue weighted by Gasteiger charge is -2.24. The first kappa shape index (κ1) is 20.9. The molecule has 0 aromatic heterocycles. The summed E-state index contributed by atoms with van der Waals surface area (Å²) in [6.07, 6.45) is 0. The Kier molecular flexibility index (Phi) is 6.70.